The Morgan fingerprint density at radius 3 is 2.62 bits per heavy atom. The standard InChI is InChI=1S/C23H22ClN3O4S/c1-4-31-18-13-15(12-17(24)20(18)30-3)10-11-19(28)26-27-22(29)21-14(2)25-23(32-21)16-8-6-5-7-9-16/h5-13H,4H2,1-3H3,(H,26,28)(H,27,29)/b11-10+. The minimum atomic E-state index is -0.506. The summed E-state index contributed by atoms with van der Waals surface area (Å²) in [5.41, 5.74) is 6.94. The largest absolute Gasteiger partial charge is 0.491 e. The SMILES string of the molecule is CCOc1cc(/C=C/C(=O)NNC(=O)c2sc(-c3ccccc3)nc2C)cc(Cl)c1OC. The molecule has 0 atom stereocenters. The summed E-state index contributed by atoms with van der Waals surface area (Å²) in [6.45, 7) is 4.04. The van der Waals surface area contributed by atoms with Crippen LogP contribution in [0.25, 0.3) is 16.6 Å². The summed E-state index contributed by atoms with van der Waals surface area (Å²) in [6, 6.07) is 12.9. The maximum absolute atomic E-state index is 12.5. The first-order valence-electron chi connectivity index (χ1n) is 9.74. The minimum Gasteiger partial charge on any atom is -0.491 e. The lowest BCUT2D eigenvalue weighted by Crippen LogP contribution is -2.40. The molecule has 166 valence electrons. The molecule has 0 radical (unpaired) electrons. The molecule has 0 aliphatic rings. The summed E-state index contributed by atoms with van der Waals surface area (Å²) in [7, 11) is 1.50. The highest BCUT2D eigenvalue weighted by Gasteiger charge is 2.16. The molecule has 0 unspecified atom stereocenters. The molecule has 3 rings (SSSR count). The third kappa shape index (κ3) is 5.66. The van der Waals surface area contributed by atoms with Crippen molar-refractivity contribution in [1.82, 2.24) is 15.8 Å². The lowest BCUT2D eigenvalue weighted by molar-refractivity contribution is -0.117. The van der Waals surface area contributed by atoms with Gasteiger partial charge in [0.2, 0.25) is 0 Å². The molecule has 0 saturated carbocycles. The third-order valence-corrected chi connectivity index (χ3v) is 5.77. The van der Waals surface area contributed by atoms with Crippen molar-refractivity contribution in [2.75, 3.05) is 13.7 Å². The van der Waals surface area contributed by atoms with E-state index in [9.17, 15) is 9.59 Å². The van der Waals surface area contributed by atoms with Crippen molar-refractivity contribution >= 4 is 40.8 Å². The van der Waals surface area contributed by atoms with Gasteiger partial charge in [-0.25, -0.2) is 4.98 Å². The summed E-state index contributed by atoms with van der Waals surface area (Å²) in [6.07, 6.45) is 2.84. The molecule has 1 heterocycles. The Morgan fingerprint density at radius 2 is 1.94 bits per heavy atom. The van der Waals surface area contributed by atoms with Crippen LogP contribution in [0.15, 0.2) is 48.5 Å². The van der Waals surface area contributed by atoms with Crippen LogP contribution in [0.3, 0.4) is 0 Å². The monoisotopic (exact) mass is 471 g/mol. The number of hydrogen-bond donors (Lipinski definition) is 2. The quantitative estimate of drug-likeness (QED) is 0.386. The predicted octanol–water partition coefficient (Wildman–Crippen LogP) is 4.65. The molecule has 0 bridgehead atoms. The van der Waals surface area contributed by atoms with Gasteiger partial charge in [0.15, 0.2) is 11.5 Å². The zero-order valence-electron chi connectivity index (χ0n) is 17.8. The topological polar surface area (TPSA) is 89.6 Å². The number of aryl methyl sites for hydroxylation is 1. The van der Waals surface area contributed by atoms with Gasteiger partial charge in [0.25, 0.3) is 11.8 Å². The van der Waals surface area contributed by atoms with Crippen molar-refractivity contribution < 1.29 is 19.1 Å². The number of aromatic nitrogens is 1. The van der Waals surface area contributed by atoms with Gasteiger partial charge in [-0.15, -0.1) is 11.3 Å². The van der Waals surface area contributed by atoms with Crippen LogP contribution in [-0.4, -0.2) is 30.5 Å². The van der Waals surface area contributed by atoms with Gasteiger partial charge in [0, 0.05) is 11.6 Å². The summed E-state index contributed by atoms with van der Waals surface area (Å²) < 4.78 is 10.8. The fourth-order valence-electron chi connectivity index (χ4n) is 2.85. The smallest absolute Gasteiger partial charge is 0.281 e. The van der Waals surface area contributed by atoms with Crippen molar-refractivity contribution in [3.05, 3.63) is 69.7 Å². The van der Waals surface area contributed by atoms with Crippen LogP contribution in [0.5, 0.6) is 11.5 Å². The fraction of sp³-hybridized carbons (Fsp3) is 0.174. The lowest BCUT2D eigenvalue weighted by atomic mass is 10.2. The Kier molecular flexibility index (Phi) is 7.86. The second-order valence-corrected chi connectivity index (χ2v) is 7.95. The van der Waals surface area contributed by atoms with Crippen LogP contribution < -0.4 is 20.3 Å². The van der Waals surface area contributed by atoms with Crippen LogP contribution in [0.1, 0.15) is 27.9 Å². The molecular formula is C23H22ClN3O4S. The molecule has 9 heteroatoms. The molecule has 32 heavy (non-hydrogen) atoms. The Hall–Kier alpha value is -3.36. The zero-order valence-corrected chi connectivity index (χ0v) is 19.3. The second-order valence-electron chi connectivity index (χ2n) is 6.54. The average molecular weight is 472 g/mol. The number of nitrogens with zero attached hydrogens (tertiary/aromatic N) is 1. The molecule has 7 nitrogen and oxygen atoms in total. The van der Waals surface area contributed by atoms with Gasteiger partial charge in [-0.05, 0) is 37.6 Å². The first-order chi connectivity index (χ1) is 15.4. The van der Waals surface area contributed by atoms with E-state index >= 15 is 0 Å². The maximum atomic E-state index is 12.5. The van der Waals surface area contributed by atoms with E-state index in [1.165, 1.54) is 24.5 Å². The number of thiazole rings is 1. The molecule has 0 fully saturated rings. The highest BCUT2D eigenvalue weighted by atomic mass is 35.5. The van der Waals surface area contributed by atoms with Gasteiger partial charge in [0.1, 0.15) is 9.88 Å². The number of ether oxygens (including phenoxy) is 2. The van der Waals surface area contributed by atoms with E-state index in [-0.39, 0.29) is 0 Å². The van der Waals surface area contributed by atoms with E-state index < -0.39 is 11.8 Å². The number of benzene rings is 2. The number of halogens is 1. The Morgan fingerprint density at radius 1 is 1.19 bits per heavy atom. The van der Waals surface area contributed by atoms with E-state index in [0.717, 1.165) is 10.6 Å². The number of rotatable bonds is 7. The van der Waals surface area contributed by atoms with Crippen molar-refractivity contribution in [2.24, 2.45) is 0 Å². The number of carbonyl (C=O) groups is 2. The molecule has 1 aromatic heterocycles. The van der Waals surface area contributed by atoms with Crippen molar-refractivity contribution in [2.45, 2.75) is 13.8 Å². The van der Waals surface area contributed by atoms with E-state index in [1.807, 2.05) is 37.3 Å². The van der Waals surface area contributed by atoms with Gasteiger partial charge >= 0.3 is 0 Å². The number of hydrogen-bond acceptors (Lipinski definition) is 6. The molecule has 0 saturated heterocycles. The third-order valence-electron chi connectivity index (χ3n) is 4.29. The average Bonchev–Trinajstić information content (AvgIpc) is 3.18. The summed E-state index contributed by atoms with van der Waals surface area (Å²) in [4.78, 5) is 29.5. The molecular weight excluding hydrogens is 450 g/mol. The molecule has 0 spiro atoms. The first-order valence-corrected chi connectivity index (χ1v) is 10.9. The molecule has 2 N–H and O–H groups in total. The molecule has 0 aliphatic heterocycles. The number of nitrogens with one attached hydrogen (secondary N) is 2. The van der Waals surface area contributed by atoms with E-state index in [2.05, 4.69) is 15.8 Å². The van der Waals surface area contributed by atoms with Crippen LogP contribution >= 0.6 is 22.9 Å². The van der Waals surface area contributed by atoms with E-state index in [0.29, 0.717) is 39.3 Å². The number of methoxy groups -OCH3 is 1. The van der Waals surface area contributed by atoms with Gasteiger partial charge in [0.05, 0.1) is 24.4 Å². The predicted molar refractivity (Wildman–Crippen MR) is 126 cm³/mol. The highest BCUT2D eigenvalue weighted by molar-refractivity contribution is 7.17. The van der Waals surface area contributed by atoms with Gasteiger partial charge < -0.3 is 9.47 Å². The van der Waals surface area contributed by atoms with Crippen molar-refractivity contribution in [1.29, 1.82) is 0 Å². The Balaban J connectivity index is 1.63. The molecule has 0 aliphatic carbocycles. The van der Waals surface area contributed by atoms with E-state index in [1.54, 1.807) is 25.1 Å². The maximum Gasteiger partial charge on any atom is 0.281 e. The molecule has 3 aromatic rings. The van der Waals surface area contributed by atoms with Crippen molar-refractivity contribution in [3.8, 4) is 22.1 Å². The van der Waals surface area contributed by atoms with Gasteiger partial charge in [-0.2, -0.15) is 0 Å². The molecule has 2 amide bonds. The van der Waals surface area contributed by atoms with Gasteiger partial charge in [-0.1, -0.05) is 41.9 Å². The Labute approximate surface area is 195 Å². The highest BCUT2D eigenvalue weighted by Crippen LogP contribution is 2.36. The summed E-state index contributed by atoms with van der Waals surface area (Å²) in [5, 5.41) is 1.10. The van der Waals surface area contributed by atoms with Crippen LogP contribution in [0.4, 0.5) is 0 Å². The van der Waals surface area contributed by atoms with Crippen LogP contribution in [-0.2, 0) is 4.79 Å². The van der Waals surface area contributed by atoms with Crippen LogP contribution in [0, 0.1) is 6.92 Å². The summed E-state index contributed by atoms with van der Waals surface area (Å²) >= 11 is 7.48. The fourth-order valence-corrected chi connectivity index (χ4v) is 4.11. The van der Waals surface area contributed by atoms with Crippen molar-refractivity contribution in [3.63, 3.8) is 0 Å². The number of hydrazine groups is 1. The normalized spacial score (nSPS) is 10.8. The minimum absolute atomic E-state index is 0.363. The number of amides is 2. The van der Waals surface area contributed by atoms with E-state index in [4.69, 9.17) is 21.1 Å². The Bertz CT molecular complexity index is 1150. The zero-order chi connectivity index (χ0) is 23.1. The first kappa shape index (κ1) is 23.3. The summed E-state index contributed by atoms with van der Waals surface area (Å²) in [5.74, 6) is -0.0355. The van der Waals surface area contributed by atoms with Crippen LogP contribution in [0.2, 0.25) is 5.02 Å². The second kappa shape index (κ2) is 10.8. The molecule has 2 aromatic carbocycles. The lowest BCUT2D eigenvalue weighted by Gasteiger charge is -2.11. The van der Waals surface area contributed by atoms with Gasteiger partial charge in [-0.3, -0.25) is 20.4 Å². The number of carbonyl (C=O) groups excluding carboxylic acids is 2.